The van der Waals surface area contributed by atoms with E-state index in [0.717, 1.165) is 0 Å². The first-order chi connectivity index (χ1) is 10.6. The van der Waals surface area contributed by atoms with Gasteiger partial charge in [-0.05, 0) is 12.1 Å². The van der Waals surface area contributed by atoms with Crippen LogP contribution in [0.2, 0.25) is 0 Å². The zero-order chi connectivity index (χ0) is 16.1. The predicted molar refractivity (Wildman–Crippen MR) is 80.7 cm³/mol. The minimum absolute atomic E-state index is 0.0193. The molecule has 0 N–H and O–H groups in total. The van der Waals surface area contributed by atoms with Crippen molar-refractivity contribution in [3.05, 3.63) is 63.7 Å². The average molecular weight is 301 g/mol. The van der Waals surface area contributed by atoms with Gasteiger partial charge in [0.25, 0.3) is 0 Å². The molecule has 0 aliphatic rings. The van der Waals surface area contributed by atoms with Crippen LogP contribution in [0.1, 0.15) is 15.9 Å². The maximum atomic E-state index is 12.2. The molecule has 6 nitrogen and oxygen atoms in total. The number of carbonyl (C=O) groups is 1. The lowest BCUT2D eigenvalue weighted by molar-refractivity contribution is -0.386. The number of nitrogens with zero attached hydrogens (tertiary/aromatic N) is 1. The Labute approximate surface area is 127 Å². The van der Waals surface area contributed by atoms with Crippen molar-refractivity contribution in [2.75, 3.05) is 14.2 Å². The maximum Gasteiger partial charge on any atom is 0.318 e. The third kappa shape index (κ3) is 3.06. The summed E-state index contributed by atoms with van der Waals surface area (Å²) in [6, 6.07) is 11.7. The zero-order valence-corrected chi connectivity index (χ0v) is 12.2. The highest BCUT2D eigenvalue weighted by atomic mass is 16.6. The van der Waals surface area contributed by atoms with Crippen LogP contribution in [-0.2, 0) is 6.42 Å². The molecule has 0 unspecified atom stereocenters. The largest absolute Gasteiger partial charge is 0.493 e. The molecule has 0 bridgehead atoms. The van der Waals surface area contributed by atoms with Crippen LogP contribution in [0.3, 0.4) is 0 Å². The molecule has 22 heavy (non-hydrogen) atoms. The normalized spacial score (nSPS) is 10.1. The summed E-state index contributed by atoms with van der Waals surface area (Å²) >= 11 is 0. The molecule has 114 valence electrons. The maximum absolute atomic E-state index is 12.2. The summed E-state index contributed by atoms with van der Waals surface area (Å²) in [5.74, 6) is 0.0758. The topological polar surface area (TPSA) is 78.7 Å². The van der Waals surface area contributed by atoms with Crippen molar-refractivity contribution in [2.24, 2.45) is 0 Å². The fourth-order valence-electron chi connectivity index (χ4n) is 2.19. The lowest BCUT2D eigenvalue weighted by Gasteiger charge is -2.10. The number of hydrogen-bond acceptors (Lipinski definition) is 5. The Morgan fingerprint density at radius 3 is 2.32 bits per heavy atom. The highest BCUT2D eigenvalue weighted by molar-refractivity contribution is 5.98. The molecular formula is C16H15NO5. The van der Waals surface area contributed by atoms with Crippen molar-refractivity contribution in [3.8, 4) is 11.5 Å². The quantitative estimate of drug-likeness (QED) is 0.465. The van der Waals surface area contributed by atoms with E-state index >= 15 is 0 Å². The van der Waals surface area contributed by atoms with E-state index in [-0.39, 0.29) is 35.0 Å². The van der Waals surface area contributed by atoms with Crippen LogP contribution in [0.15, 0.2) is 42.5 Å². The average Bonchev–Trinajstić information content (AvgIpc) is 2.54. The van der Waals surface area contributed by atoms with Crippen LogP contribution in [0.4, 0.5) is 5.69 Å². The Bertz CT molecular complexity index is 697. The molecule has 0 atom stereocenters. The molecule has 0 saturated heterocycles. The van der Waals surface area contributed by atoms with E-state index in [1.54, 1.807) is 36.4 Å². The number of ether oxygens (including phenoxy) is 2. The van der Waals surface area contributed by atoms with Crippen LogP contribution in [0.25, 0.3) is 0 Å². The van der Waals surface area contributed by atoms with Gasteiger partial charge in [0, 0.05) is 17.5 Å². The Morgan fingerprint density at radius 1 is 1.09 bits per heavy atom. The standard InChI is InChI=1S/C16H15NO5/c1-21-14-9-8-12(15(17(19)20)16(14)22-2)10-13(18)11-6-4-3-5-7-11/h3-9H,10H2,1-2H3. The molecule has 2 aromatic rings. The number of hydrogen-bond donors (Lipinski definition) is 0. The molecule has 2 rings (SSSR count). The van der Waals surface area contributed by atoms with Crippen LogP contribution in [0.5, 0.6) is 11.5 Å². The van der Waals surface area contributed by atoms with E-state index in [1.165, 1.54) is 20.3 Å². The van der Waals surface area contributed by atoms with E-state index < -0.39 is 4.92 Å². The van der Waals surface area contributed by atoms with Gasteiger partial charge in [0.2, 0.25) is 5.75 Å². The van der Waals surface area contributed by atoms with Crippen molar-refractivity contribution in [3.63, 3.8) is 0 Å². The smallest absolute Gasteiger partial charge is 0.318 e. The summed E-state index contributed by atoms with van der Waals surface area (Å²) in [5.41, 5.74) is 0.550. The Balaban J connectivity index is 2.43. The van der Waals surface area contributed by atoms with Crippen LogP contribution >= 0.6 is 0 Å². The SMILES string of the molecule is COc1ccc(CC(=O)c2ccccc2)c([N+](=O)[O-])c1OC. The number of benzene rings is 2. The summed E-state index contributed by atoms with van der Waals surface area (Å²) in [6.07, 6.45) is -0.0827. The summed E-state index contributed by atoms with van der Waals surface area (Å²) in [7, 11) is 2.73. The third-order valence-corrected chi connectivity index (χ3v) is 3.23. The zero-order valence-electron chi connectivity index (χ0n) is 12.2. The molecule has 6 heteroatoms. The van der Waals surface area contributed by atoms with E-state index in [9.17, 15) is 14.9 Å². The van der Waals surface area contributed by atoms with Gasteiger partial charge >= 0.3 is 5.69 Å². The second kappa shape index (κ2) is 6.71. The number of nitro groups is 1. The van der Waals surface area contributed by atoms with E-state index in [2.05, 4.69) is 0 Å². The molecule has 0 fully saturated rings. The van der Waals surface area contributed by atoms with Crippen molar-refractivity contribution in [1.29, 1.82) is 0 Å². The van der Waals surface area contributed by atoms with Crippen LogP contribution < -0.4 is 9.47 Å². The molecule has 0 aromatic heterocycles. The number of rotatable bonds is 6. The second-order valence-corrected chi connectivity index (χ2v) is 4.53. The lowest BCUT2D eigenvalue weighted by atomic mass is 10.0. The minimum atomic E-state index is -0.561. The van der Waals surface area contributed by atoms with Gasteiger partial charge in [-0.1, -0.05) is 30.3 Å². The third-order valence-electron chi connectivity index (χ3n) is 3.23. The molecule has 0 radical (unpaired) electrons. The van der Waals surface area contributed by atoms with Crippen LogP contribution in [0, 0.1) is 10.1 Å². The van der Waals surface area contributed by atoms with Crippen molar-refractivity contribution in [2.45, 2.75) is 6.42 Å². The van der Waals surface area contributed by atoms with Crippen molar-refractivity contribution < 1.29 is 19.2 Å². The van der Waals surface area contributed by atoms with Crippen molar-refractivity contribution in [1.82, 2.24) is 0 Å². The molecule has 0 aliphatic heterocycles. The number of Topliss-reactive ketones (excluding diaryl/α,β-unsaturated/α-hetero) is 1. The molecule has 0 saturated carbocycles. The van der Waals surface area contributed by atoms with Gasteiger partial charge in [-0.15, -0.1) is 0 Å². The minimum Gasteiger partial charge on any atom is -0.493 e. The predicted octanol–water partition coefficient (Wildman–Crippen LogP) is 3.04. The Morgan fingerprint density at radius 2 is 1.77 bits per heavy atom. The Kier molecular flexibility index (Phi) is 4.73. The summed E-state index contributed by atoms with van der Waals surface area (Å²) < 4.78 is 10.1. The van der Waals surface area contributed by atoms with Gasteiger partial charge in [-0.2, -0.15) is 0 Å². The number of ketones is 1. The highest BCUT2D eigenvalue weighted by Crippen LogP contribution is 2.39. The highest BCUT2D eigenvalue weighted by Gasteiger charge is 2.26. The van der Waals surface area contributed by atoms with Gasteiger partial charge in [-0.3, -0.25) is 14.9 Å². The fourth-order valence-corrected chi connectivity index (χ4v) is 2.19. The number of methoxy groups -OCH3 is 2. The monoisotopic (exact) mass is 301 g/mol. The van der Waals surface area contributed by atoms with E-state index in [0.29, 0.717) is 5.56 Å². The number of nitro benzene ring substituents is 1. The van der Waals surface area contributed by atoms with Gasteiger partial charge in [0.15, 0.2) is 11.5 Å². The lowest BCUT2D eigenvalue weighted by Crippen LogP contribution is -2.07. The second-order valence-electron chi connectivity index (χ2n) is 4.53. The fraction of sp³-hybridized carbons (Fsp3) is 0.188. The van der Waals surface area contributed by atoms with Crippen LogP contribution in [-0.4, -0.2) is 24.9 Å². The van der Waals surface area contributed by atoms with E-state index in [4.69, 9.17) is 9.47 Å². The first kappa shape index (κ1) is 15.5. The molecule has 0 spiro atoms. The van der Waals surface area contributed by atoms with Gasteiger partial charge < -0.3 is 9.47 Å². The Hall–Kier alpha value is -2.89. The molecule has 0 amide bonds. The molecule has 2 aromatic carbocycles. The van der Waals surface area contributed by atoms with Gasteiger partial charge in [-0.25, -0.2) is 0 Å². The van der Waals surface area contributed by atoms with Crippen molar-refractivity contribution >= 4 is 11.5 Å². The molecule has 0 heterocycles. The summed E-state index contributed by atoms with van der Waals surface area (Å²) in [4.78, 5) is 23.0. The summed E-state index contributed by atoms with van der Waals surface area (Å²) in [6.45, 7) is 0. The van der Waals surface area contributed by atoms with Gasteiger partial charge in [0.05, 0.1) is 19.1 Å². The summed E-state index contributed by atoms with van der Waals surface area (Å²) in [5, 5.41) is 11.3. The molecule has 0 aliphatic carbocycles. The number of carbonyl (C=O) groups excluding carboxylic acids is 1. The first-order valence-electron chi connectivity index (χ1n) is 6.55. The molecular weight excluding hydrogens is 286 g/mol. The first-order valence-corrected chi connectivity index (χ1v) is 6.55. The van der Waals surface area contributed by atoms with E-state index in [1.807, 2.05) is 0 Å². The van der Waals surface area contributed by atoms with Gasteiger partial charge in [0.1, 0.15) is 0 Å².